The largest absolute Gasteiger partial charge is 0.444 e. The van der Waals surface area contributed by atoms with Crippen molar-refractivity contribution >= 4 is 24.1 Å². The minimum atomic E-state index is -1.29. The van der Waals surface area contributed by atoms with Crippen molar-refractivity contribution in [3.8, 4) is 5.75 Å². The lowest BCUT2D eigenvalue weighted by Gasteiger charge is -2.26. The Bertz CT molecular complexity index is 586. The molecule has 0 aliphatic rings. The van der Waals surface area contributed by atoms with Gasteiger partial charge in [-0.15, -0.1) is 0 Å². The van der Waals surface area contributed by atoms with Gasteiger partial charge >= 0.3 is 12.1 Å². The smallest absolute Gasteiger partial charge is 0.408 e. The average Bonchev–Trinajstić information content (AvgIpc) is 2.56. The number of esters is 1. The molecule has 1 rings (SSSR count). The molecule has 0 aliphatic heterocycles. The Labute approximate surface area is 157 Å². The third kappa shape index (κ3) is 8.05. The highest BCUT2D eigenvalue weighted by atomic mass is 32.2. The van der Waals surface area contributed by atoms with Gasteiger partial charge in [0.2, 0.25) is 0 Å². The predicted molar refractivity (Wildman–Crippen MR) is 96.9 cm³/mol. The van der Waals surface area contributed by atoms with Crippen molar-refractivity contribution in [2.75, 3.05) is 12.9 Å². The summed E-state index contributed by atoms with van der Waals surface area (Å²) in [7, 11) is 1.31. The Morgan fingerprint density at radius 2 is 1.85 bits per heavy atom. The first-order valence-corrected chi connectivity index (χ1v) is 8.88. The Morgan fingerprint density at radius 1 is 1.23 bits per heavy atom. The topological polar surface area (TPSA) is 114 Å². The van der Waals surface area contributed by atoms with E-state index in [4.69, 9.17) is 18.8 Å². The Hall–Kier alpha value is -1.81. The highest BCUT2D eigenvalue weighted by Gasteiger charge is 2.26. The summed E-state index contributed by atoms with van der Waals surface area (Å²) in [4.78, 5) is 23.5. The monoisotopic (exact) mass is 387 g/mol. The van der Waals surface area contributed by atoms with Gasteiger partial charge in [-0.1, -0.05) is 12.1 Å². The van der Waals surface area contributed by atoms with Crippen molar-refractivity contribution < 1.29 is 33.5 Å². The lowest BCUT2D eigenvalue weighted by atomic mass is 10.1. The molecule has 0 bridgehead atoms. The molecule has 1 aromatic carbocycles. The number of ether oxygens (including phenoxy) is 3. The van der Waals surface area contributed by atoms with Gasteiger partial charge in [-0.2, -0.15) is 0 Å². The first kappa shape index (κ1) is 22.2. The summed E-state index contributed by atoms with van der Waals surface area (Å²) in [5.41, 5.74) is -0.145. The maximum absolute atomic E-state index is 12.0. The number of carbonyl (C=O) groups excluding carboxylic acids is 2. The standard InChI is InChI=1S/C17H25NO7S/c1-17(2,3)25-16(21)18-14(15(20)23-4)11-5-7-12(8-6-11)24-13(19)9-10-26-22/h5-8,14-15,20,22H,9-10H2,1-4H3,(H,18,21). The number of rotatable bonds is 8. The van der Waals surface area contributed by atoms with Crippen molar-refractivity contribution in [2.24, 2.45) is 0 Å². The summed E-state index contributed by atoms with van der Waals surface area (Å²) in [5.74, 6) is 0.0861. The second-order valence-electron chi connectivity index (χ2n) is 6.38. The molecule has 8 nitrogen and oxygen atoms in total. The molecule has 0 saturated carbocycles. The second-order valence-corrected chi connectivity index (χ2v) is 7.04. The van der Waals surface area contributed by atoms with E-state index in [2.05, 4.69) is 5.32 Å². The summed E-state index contributed by atoms with van der Waals surface area (Å²) in [5, 5.41) is 12.6. The van der Waals surface area contributed by atoms with Crippen LogP contribution in [-0.2, 0) is 14.3 Å². The maximum atomic E-state index is 12.0. The molecule has 0 fully saturated rings. The molecule has 1 aromatic rings. The third-order valence-corrected chi connectivity index (χ3v) is 3.45. The van der Waals surface area contributed by atoms with Gasteiger partial charge in [0.15, 0.2) is 6.29 Å². The normalized spacial score (nSPS) is 13.6. The molecule has 0 spiro atoms. The van der Waals surface area contributed by atoms with Crippen LogP contribution in [0.5, 0.6) is 5.75 Å². The number of benzene rings is 1. The number of hydrogen-bond acceptors (Lipinski definition) is 8. The van der Waals surface area contributed by atoms with E-state index in [0.717, 1.165) is 0 Å². The third-order valence-electron chi connectivity index (χ3n) is 3.07. The number of methoxy groups -OCH3 is 1. The van der Waals surface area contributed by atoms with Crippen molar-refractivity contribution in [1.82, 2.24) is 5.32 Å². The van der Waals surface area contributed by atoms with Crippen LogP contribution < -0.4 is 10.1 Å². The minimum absolute atomic E-state index is 0.0775. The number of amides is 1. The minimum Gasteiger partial charge on any atom is -0.444 e. The van der Waals surface area contributed by atoms with E-state index < -0.39 is 30.0 Å². The van der Waals surface area contributed by atoms with Crippen molar-refractivity contribution in [3.05, 3.63) is 29.8 Å². The molecule has 146 valence electrons. The number of nitrogens with one attached hydrogen (secondary N) is 1. The van der Waals surface area contributed by atoms with Gasteiger partial charge in [0, 0.05) is 12.9 Å². The van der Waals surface area contributed by atoms with Crippen LogP contribution in [0.3, 0.4) is 0 Å². The summed E-state index contributed by atoms with van der Waals surface area (Å²) in [6, 6.07) is 5.38. The fourth-order valence-electron chi connectivity index (χ4n) is 1.94. The number of aliphatic hydroxyl groups is 1. The molecule has 0 aliphatic carbocycles. The van der Waals surface area contributed by atoms with Crippen LogP contribution in [0, 0.1) is 0 Å². The maximum Gasteiger partial charge on any atom is 0.408 e. The van der Waals surface area contributed by atoms with Gasteiger partial charge in [-0.3, -0.25) is 4.79 Å². The molecule has 0 aromatic heterocycles. The van der Waals surface area contributed by atoms with Crippen LogP contribution in [0.25, 0.3) is 0 Å². The van der Waals surface area contributed by atoms with Gasteiger partial charge in [-0.05, 0) is 50.5 Å². The van der Waals surface area contributed by atoms with Gasteiger partial charge in [0.25, 0.3) is 0 Å². The lowest BCUT2D eigenvalue weighted by molar-refractivity contribution is -0.133. The quantitative estimate of drug-likeness (QED) is 0.270. The van der Waals surface area contributed by atoms with Gasteiger partial charge < -0.3 is 29.2 Å². The first-order valence-electron chi connectivity index (χ1n) is 7.93. The number of aliphatic hydroxyl groups excluding tert-OH is 1. The molecular formula is C17H25NO7S. The molecule has 0 saturated heterocycles. The number of alkyl carbamates (subject to hydrolysis) is 1. The fourth-order valence-corrected chi connectivity index (χ4v) is 2.20. The number of hydrogen-bond donors (Lipinski definition) is 3. The van der Waals surface area contributed by atoms with Crippen LogP contribution in [-0.4, -0.2) is 46.5 Å². The summed E-state index contributed by atoms with van der Waals surface area (Å²) < 4.78 is 23.8. The zero-order valence-electron chi connectivity index (χ0n) is 15.2. The first-order chi connectivity index (χ1) is 12.2. The molecule has 9 heteroatoms. The molecule has 0 radical (unpaired) electrons. The molecular weight excluding hydrogens is 362 g/mol. The average molecular weight is 387 g/mol. The fraction of sp³-hybridized carbons (Fsp3) is 0.529. The van der Waals surface area contributed by atoms with E-state index in [-0.39, 0.29) is 12.2 Å². The summed E-state index contributed by atoms with van der Waals surface area (Å²) in [6.45, 7) is 5.19. The van der Waals surface area contributed by atoms with E-state index in [1.54, 1.807) is 32.9 Å². The van der Waals surface area contributed by atoms with Gasteiger partial charge in [0.05, 0.1) is 6.42 Å². The molecule has 3 N–H and O–H groups in total. The zero-order valence-corrected chi connectivity index (χ0v) is 16.0. The van der Waals surface area contributed by atoms with E-state index in [9.17, 15) is 14.7 Å². The SMILES string of the molecule is COC(O)C(NC(=O)OC(C)(C)C)c1ccc(OC(=O)CCSO)cc1. The zero-order chi connectivity index (χ0) is 19.7. The van der Waals surface area contributed by atoms with Crippen molar-refractivity contribution in [2.45, 2.75) is 45.1 Å². The Balaban J connectivity index is 2.81. The highest BCUT2D eigenvalue weighted by Crippen LogP contribution is 2.22. The van der Waals surface area contributed by atoms with Crippen LogP contribution in [0.15, 0.2) is 24.3 Å². The van der Waals surface area contributed by atoms with Crippen LogP contribution in [0.1, 0.15) is 38.8 Å². The predicted octanol–water partition coefficient (Wildman–Crippen LogP) is 2.72. The van der Waals surface area contributed by atoms with Crippen molar-refractivity contribution in [3.63, 3.8) is 0 Å². The van der Waals surface area contributed by atoms with E-state index in [0.29, 0.717) is 23.4 Å². The lowest BCUT2D eigenvalue weighted by Crippen LogP contribution is -2.40. The van der Waals surface area contributed by atoms with E-state index in [1.165, 1.54) is 19.2 Å². The van der Waals surface area contributed by atoms with Gasteiger partial charge in [-0.25, -0.2) is 4.79 Å². The summed E-state index contributed by atoms with van der Waals surface area (Å²) >= 11 is 0.567. The Morgan fingerprint density at radius 3 is 2.35 bits per heavy atom. The van der Waals surface area contributed by atoms with E-state index in [1.807, 2.05) is 0 Å². The molecule has 26 heavy (non-hydrogen) atoms. The molecule has 2 atom stereocenters. The van der Waals surface area contributed by atoms with Crippen LogP contribution >= 0.6 is 12.0 Å². The Kier molecular flexibility index (Phi) is 8.86. The van der Waals surface area contributed by atoms with Crippen molar-refractivity contribution in [1.29, 1.82) is 0 Å². The van der Waals surface area contributed by atoms with Crippen LogP contribution in [0.2, 0.25) is 0 Å². The van der Waals surface area contributed by atoms with Gasteiger partial charge in [0.1, 0.15) is 17.4 Å². The molecule has 0 heterocycles. The van der Waals surface area contributed by atoms with Crippen LogP contribution in [0.4, 0.5) is 4.79 Å². The molecule has 2 unspecified atom stereocenters. The molecule has 1 amide bonds. The summed E-state index contributed by atoms with van der Waals surface area (Å²) in [6.07, 6.45) is -1.91. The second kappa shape index (κ2) is 10.4. The highest BCUT2D eigenvalue weighted by molar-refractivity contribution is 7.93. The van der Waals surface area contributed by atoms with E-state index >= 15 is 0 Å². The number of carbonyl (C=O) groups is 2.